The number of methoxy groups -OCH3 is 1. The smallest absolute Gasteiger partial charge is 0.162 e. The number of carbonyl (C=O) groups excluding carboxylic acids is 2. The van der Waals surface area contributed by atoms with Crippen LogP contribution in [-0.2, 0) is 14.3 Å². The van der Waals surface area contributed by atoms with Crippen molar-refractivity contribution in [3.8, 4) is 0 Å². The van der Waals surface area contributed by atoms with Crippen LogP contribution in [0.15, 0.2) is 11.6 Å². The molecule has 3 nitrogen and oxygen atoms in total. The molecule has 0 saturated heterocycles. The summed E-state index contributed by atoms with van der Waals surface area (Å²) in [4.78, 5) is 23.1. The Labute approximate surface area is 116 Å². The van der Waals surface area contributed by atoms with E-state index in [0.29, 0.717) is 18.8 Å². The summed E-state index contributed by atoms with van der Waals surface area (Å²) in [6, 6.07) is 0. The van der Waals surface area contributed by atoms with E-state index in [1.54, 1.807) is 7.11 Å². The van der Waals surface area contributed by atoms with Crippen molar-refractivity contribution in [2.75, 3.05) is 7.11 Å². The highest BCUT2D eigenvalue weighted by Gasteiger charge is 2.39. The molecule has 3 atom stereocenters. The quantitative estimate of drug-likeness (QED) is 0.548. The lowest BCUT2D eigenvalue weighted by Crippen LogP contribution is -2.42. The minimum Gasteiger partial charge on any atom is -0.373 e. The first-order valence-electron chi connectivity index (χ1n) is 7.18. The third kappa shape index (κ3) is 4.27. The lowest BCUT2D eigenvalue weighted by atomic mass is 9.73. The number of hydrogen-bond acceptors (Lipinski definition) is 3. The molecule has 19 heavy (non-hydrogen) atoms. The van der Waals surface area contributed by atoms with Crippen LogP contribution in [0, 0.1) is 17.8 Å². The van der Waals surface area contributed by atoms with Gasteiger partial charge in [-0.2, -0.15) is 0 Å². The molecule has 0 aliphatic heterocycles. The minimum absolute atomic E-state index is 0.0732. The van der Waals surface area contributed by atoms with Crippen LogP contribution in [0.25, 0.3) is 0 Å². The van der Waals surface area contributed by atoms with E-state index < -0.39 is 6.10 Å². The summed E-state index contributed by atoms with van der Waals surface area (Å²) < 4.78 is 5.35. The molecule has 0 bridgehead atoms. The van der Waals surface area contributed by atoms with Crippen molar-refractivity contribution in [1.82, 2.24) is 0 Å². The molecule has 1 saturated carbocycles. The van der Waals surface area contributed by atoms with E-state index in [1.807, 2.05) is 6.92 Å². The zero-order valence-electron chi connectivity index (χ0n) is 12.5. The van der Waals surface area contributed by atoms with E-state index in [1.165, 1.54) is 0 Å². The highest BCUT2D eigenvalue weighted by Crippen LogP contribution is 2.34. The van der Waals surface area contributed by atoms with Gasteiger partial charge in [-0.15, -0.1) is 0 Å². The second-order valence-corrected chi connectivity index (χ2v) is 5.91. The summed E-state index contributed by atoms with van der Waals surface area (Å²) in [5, 5.41) is 0. The van der Waals surface area contributed by atoms with Crippen LogP contribution >= 0.6 is 0 Å². The molecule has 1 rings (SSSR count). The van der Waals surface area contributed by atoms with Crippen molar-refractivity contribution >= 4 is 12.1 Å². The highest BCUT2D eigenvalue weighted by atomic mass is 16.5. The number of aldehydes is 1. The fourth-order valence-corrected chi connectivity index (χ4v) is 2.84. The summed E-state index contributed by atoms with van der Waals surface area (Å²) in [5.74, 6) is 0.633. The van der Waals surface area contributed by atoms with Gasteiger partial charge in [0.1, 0.15) is 12.4 Å². The number of rotatable bonds is 6. The first kappa shape index (κ1) is 16.1. The van der Waals surface area contributed by atoms with Crippen molar-refractivity contribution in [1.29, 1.82) is 0 Å². The van der Waals surface area contributed by atoms with E-state index in [4.69, 9.17) is 4.74 Å². The Morgan fingerprint density at radius 1 is 1.47 bits per heavy atom. The Morgan fingerprint density at radius 2 is 2.16 bits per heavy atom. The Kier molecular flexibility index (Phi) is 6.43. The number of hydrogen-bond donors (Lipinski definition) is 0. The number of carbonyl (C=O) groups is 2. The van der Waals surface area contributed by atoms with Crippen LogP contribution in [0.5, 0.6) is 0 Å². The summed E-state index contributed by atoms with van der Waals surface area (Å²) in [5.41, 5.74) is 1.12. The molecular weight excluding hydrogens is 240 g/mol. The second-order valence-electron chi connectivity index (χ2n) is 5.91. The molecule has 0 heterocycles. The maximum atomic E-state index is 11.9. The predicted octanol–water partition coefficient (Wildman–Crippen LogP) is 3.18. The van der Waals surface area contributed by atoms with Gasteiger partial charge in [-0.3, -0.25) is 4.79 Å². The molecule has 0 aromatic carbocycles. The van der Waals surface area contributed by atoms with E-state index in [9.17, 15) is 9.59 Å². The normalized spacial score (nSPS) is 28.8. The van der Waals surface area contributed by atoms with Crippen LogP contribution in [0.2, 0.25) is 0 Å². The van der Waals surface area contributed by atoms with Gasteiger partial charge in [-0.25, -0.2) is 0 Å². The van der Waals surface area contributed by atoms with Crippen LogP contribution in [0.4, 0.5) is 0 Å². The molecule has 0 amide bonds. The molecule has 3 heteroatoms. The van der Waals surface area contributed by atoms with Gasteiger partial charge in [0.2, 0.25) is 0 Å². The second kappa shape index (κ2) is 7.59. The molecule has 0 unspecified atom stereocenters. The summed E-state index contributed by atoms with van der Waals surface area (Å²) in [7, 11) is 1.56. The standard InChI is InChI=1S/C16H26O3/c1-11(2)6-5-7-12(3)15-13(10-17)8-9-14(18)16(15)19-4/h7,10-11,13,15-16H,5-6,8-9H2,1-4H3/t13-,15-,16-/m1/s1. The Balaban J connectivity index is 2.82. The average Bonchev–Trinajstić information content (AvgIpc) is 2.37. The van der Waals surface area contributed by atoms with E-state index in [-0.39, 0.29) is 17.6 Å². The first-order valence-corrected chi connectivity index (χ1v) is 7.18. The molecule has 0 spiro atoms. The number of allylic oxidation sites excluding steroid dienone is 1. The van der Waals surface area contributed by atoms with Crippen LogP contribution < -0.4 is 0 Å². The molecule has 1 fully saturated rings. The molecule has 1 aliphatic rings. The van der Waals surface area contributed by atoms with Crippen LogP contribution in [0.1, 0.15) is 46.5 Å². The van der Waals surface area contributed by atoms with E-state index in [0.717, 1.165) is 24.7 Å². The molecule has 0 aromatic rings. The van der Waals surface area contributed by atoms with Crippen molar-refractivity contribution < 1.29 is 14.3 Å². The van der Waals surface area contributed by atoms with Gasteiger partial charge in [0.05, 0.1) is 0 Å². The zero-order valence-corrected chi connectivity index (χ0v) is 12.5. The van der Waals surface area contributed by atoms with E-state index >= 15 is 0 Å². The van der Waals surface area contributed by atoms with Crippen molar-refractivity contribution in [3.63, 3.8) is 0 Å². The molecule has 108 valence electrons. The number of ether oxygens (including phenoxy) is 1. The maximum Gasteiger partial charge on any atom is 0.162 e. The summed E-state index contributed by atoms with van der Waals surface area (Å²) in [6.07, 6.45) is 5.95. The maximum absolute atomic E-state index is 11.9. The fourth-order valence-electron chi connectivity index (χ4n) is 2.84. The zero-order chi connectivity index (χ0) is 14.4. The van der Waals surface area contributed by atoms with Crippen LogP contribution in [0.3, 0.4) is 0 Å². The lowest BCUT2D eigenvalue weighted by Gasteiger charge is -2.34. The van der Waals surface area contributed by atoms with Crippen LogP contribution in [-0.4, -0.2) is 25.3 Å². The summed E-state index contributed by atoms with van der Waals surface area (Å²) >= 11 is 0. The fraction of sp³-hybridized carbons (Fsp3) is 0.750. The van der Waals surface area contributed by atoms with Crippen molar-refractivity contribution in [2.45, 2.75) is 52.6 Å². The van der Waals surface area contributed by atoms with Gasteiger partial charge in [0.25, 0.3) is 0 Å². The third-order valence-corrected chi connectivity index (χ3v) is 3.99. The average molecular weight is 266 g/mol. The monoisotopic (exact) mass is 266 g/mol. The largest absolute Gasteiger partial charge is 0.373 e. The number of Topliss-reactive ketones (excluding diaryl/α,β-unsaturated/α-hetero) is 1. The van der Waals surface area contributed by atoms with Crippen molar-refractivity contribution in [3.05, 3.63) is 11.6 Å². The van der Waals surface area contributed by atoms with Gasteiger partial charge in [-0.05, 0) is 32.1 Å². The molecular formula is C16H26O3. The molecule has 0 N–H and O–H groups in total. The summed E-state index contributed by atoms with van der Waals surface area (Å²) in [6.45, 7) is 6.41. The SMILES string of the molecule is CO[C@@H]1C(=O)CC[C@H](C=O)[C@H]1C(C)=CCCC(C)C. The van der Waals surface area contributed by atoms with Gasteiger partial charge >= 0.3 is 0 Å². The highest BCUT2D eigenvalue weighted by molar-refractivity contribution is 5.86. The predicted molar refractivity (Wildman–Crippen MR) is 75.9 cm³/mol. The minimum atomic E-state index is -0.445. The van der Waals surface area contributed by atoms with Gasteiger partial charge in [-0.1, -0.05) is 25.5 Å². The van der Waals surface area contributed by atoms with Gasteiger partial charge in [0, 0.05) is 25.4 Å². The Hall–Kier alpha value is -0.960. The van der Waals surface area contributed by atoms with Gasteiger partial charge < -0.3 is 9.53 Å². The molecule has 0 aromatic heterocycles. The molecule has 1 aliphatic carbocycles. The topological polar surface area (TPSA) is 43.4 Å². The molecule has 0 radical (unpaired) electrons. The first-order chi connectivity index (χ1) is 9.01. The Bertz CT molecular complexity index is 344. The van der Waals surface area contributed by atoms with E-state index in [2.05, 4.69) is 19.9 Å². The third-order valence-electron chi connectivity index (χ3n) is 3.99. The lowest BCUT2D eigenvalue weighted by molar-refractivity contribution is -0.137. The van der Waals surface area contributed by atoms with Crippen molar-refractivity contribution in [2.24, 2.45) is 17.8 Å². The Morgan fingerprint density at radius 3 is 2.68 bits per heavy atom. The van der Waals surface area contributed by atoms with Gasteiger partial charge in [0.15, 0.2) is 5.78 Å². The number of ketones is 1.